The lowest BCUT2D eigenvalue weighted by Gasteiger charge is -2.10. The fraction of sp³-hybridized carbons (Fsp3) is 0.0435. The van der Waals surface area contributed by atoms with Crippen molar-refractivity contribution in [1.82, 2.24) is 8.75 Å². The third kappa shape index (κ3) is 5.16. The summed E-state index contributed by atoms with van der Waals surface area (Å²) in [5, 5.41) is 3.22. The van der Waals surface area contributed by atoms with Gasteiger partial charge in [-0.25, -0.2) is 9.18 Å². The van der Waals surface area contributed by atoms with Crippen LogP contribution in [0.15, 0.2) is 66.7 Å². The molecular formula is C23H15ClFN3O3S. The average molecular weight is 468 g/mol. The lowest BCUT2D eigenvalue weighted by molar-refractivity contribution is -0.141. The zero-order valence-corrected chi connectivity index (χ0v) is 18.0. The lowest BCUT2D eigenvalue weighted by Crippen LogP contribution is -2.21. The van der Waals surface area contributed by atoms with Gasteiger partial charge >= 0.3 is 5.97 Å². The minimum Gasteiger partial charge on any atom is -0.452 e. The number of rotatable bonds is 6. The second-order valence-electron chi connectivity index (χ2n) is 6.68. The van der Waals surface area contributed by atoms with E-state index < -0.39 is 24.3 Å². The largest absolute Gasteiger partial charge is 0.452 e. The molecule has 0 spiro atoms. The average Bonchev–Trinajstić information content (AvgIpc) is 3.28. The Morgan fingerprint density at radius 1 is 1.03 bits per heavy atom. The van der Waals surface area contributed by atoms with Gasteiger partial charge in [0.1, 0.15) is 16.9 Å². The topological polar surface area (TPSA) is 81.2 Å². The molecule has 0 fully saturated rings. The maximum atomic E-state index is 13.4. The number of carbonyl (C=O) groups excluding carboxylic acids is 2. The Labute approximate surface area is 191 Å². The first-order chi connectivity index (χ1) is 15.5. The number of nitrogens with zero attached hydrogens (tertiary/aromatic N) is 2. The molecule has 4 aromatic rings. The van der Waals surface area contributed by atoms with Crippen molar-refractivity contribution in [3.8, 4) is 0 Å². The Morgan fingerprint density at radius 3 is 2.53 bits per heavy atom. The Kier molecular flexibility index (Phi) is 6.53. The SMILES string of the molecule is O=C(COC(=O)C(=Cc1ccc(Cl)cc1)c1ccc(F)cc1)Nc1cccc2nsnc12. The number of anilines is 1. The third-order valence-electron chi connectivity index (χ3n) is 4.45. The van der Waals surface area contributed by atoms with Gasteiger partial charge in [-0.3, -0.25) is 4.79 Å². The van der Waals surface area contributed by atoms with Gasteiger partial charge in [0.15, 0.2) is 6.61 Å². The van der Waals surface area contributed by atoms with Gasteiger partial charge in [0.2, 0.25) is 0 Å². The van der Waals surface area contributed by atoms with Crippen LogP contribution in [0.4, 0.5) is 10.1 Å². The Hall–Kier alpha value is -3.62. The van der Waals surface area contributed by atoms with Crippen LogP contribution in [0.5, 0.6) is 0 Å². The van der Waals surface area contributed by atoms with E-state index in [-0.39, 0.29) is 5.57 Å². The standard InChI is InChI=1S/C23H15ClFN3O3S/c24-16-8-4-14(5-9-16)12-18(15-6-10-17(25)11-7-15)23(30)31-13-21(29)26-19-2-1-3-20-22(19)28-32-27-20/h1-12H,13H2,(H,26,29). The lowest BCUT2D eigenvalue weighted by atomic mass is 10.0. The van der Waals surface area contributed by atoms with E-state index in [1.165, 1.54) is 24.3 Å². The Morgan fingerprint density at radius 2 is 1.78 bits per heavy atom. The highest BCUT2D eigenvalue weighted by Gasteiger charge is 2.17. The maximum absolute atomic E-state index is 13.4. The fourth-order valence-electron chi connectivity index (χ4n) is 2.92. The number of ether oxygens (including phenoxy) is 1. The molecule has 0 unspecified atom stereocenters. The molecule has 1 N–H and O–H groups in total. The van der Waals surface area contributed by atoms with Gasteiger partial charge in [-0.1, -0.05) is 41.9 Å². The number of esters is 1. The van der Waals surface area contributed by atoms with E-state index in [0.717, 1.165) is 11.7 Å². The van der Waals surface area contributed by atoms with Crippen LogP contribution in [0.3, 0.4) is 0 Å². The van der Waals surface area contributed by atoms with Crippen LogP contribution in [0.2, 0.25) is 5.02 Å². The minimum atomic E-state index is -0.727. The van der Waals surface area contributed by atoms with Gasteiger partial charge < -0.3 is 10.1 Å². The summed E-state index contributed by atoms with van der Waals surface area (Å²) >= 11 is 6.96. The highest BCUT2D eigenvalue weighted by Crippen LogP contribution is 2.23. The minimum absolute atomic E-state index is 0.172. The van der Waals surface area contributed by atoms with Crippen LogP contribution in [0.25, 0.3) is 22.7 Å². The third-order valence-corrected chi connectivity index (χ3v) is 5.25. The van der Waals surface area contributed by atoms with E-state index in [1.807, 2.05) is 0 Å². The summed E-state index contributed by atoms with van der Waals surface area (Å²) in [6, 6.07) is 17.5. The van der Waals surface area contributed by atoms with E-state index in [2.05, 4.69) is 14.1 Å². The van der Waals surface area contributed by atoms with Crippen LogP contribution < -0.4 is 5.32 Å². The monoisotopic (exact) mass is 467 g/mol. The number of nitrogens with one attached hydrogen (secondary N) is 1. The maximum Gasteiger partial charge on any atom is 0.339 e. The molecule has 32 heavy (non-hydrogen) atoms. The first kappa shape index (κ1) is 21.6. The van der Waals surface area contributed by atoms with Crippen molar-refractivity contribution in [1.29, 1.82) is 0 Å². The zero-order valence-electron chi connectivity index (χ0n) is 16.4. The van der Waals surface area contributed by atoms with Crippen LogP contribution in [-0.2, 0) is 14.3 Å². The van der Waals surface area contributed by atoms with Crippen molar-refractivity contribution >= 4 is 63.6 Å². The predicted molar refractivity (Wildman–Crippen MR) is 123 cm³/mol. The number of benzene rings is 3. The normalized spacial score (nSPS) is 11.4. The van der Waals surface area contributed by atoms with Gasteiger partial charge in [0.05, 0.1) is 23.0 Å². The molecule has 0 saturated carbocycles. The number of halogens is 2. The molecule has 1 aromatic heterocycles. The molecule has 9 heteroatoms. The number of carbonyl (C=O) groups is 2. The first-order valence-electron chi connectivity index (χ1n) is 9.41. The fourth-order valence-corrected chi connectivity index (χ4v) is 3.59. The summed E-state index contributed by atoms with van der Waals surface area (Å²) < 4.78 is 26.9. The smallest absolute Gasteiger partial charge is 0.339 e. The summed E-state index contributed by atoms with van der Waals surface area (Å²) in [5.74, 6) is -1.68. The molecule has 0 saturated heterocycles. The van der Waals surface area contributed by atoms with E-state index in [0.29, 0.717) is 32.9 Å². The summed E-state index contributed by atoms with van der Waals surface area (Å²) in [7, 11) is 0. The van der Waals surface area contributed by atoms with E-state index in [4.69, 9.17) is 16.3 Å². The molecular weight excluding hydrogens is 453 g/mol. The second kappa shape index (κ2) is 9.67. The molecule has 4 rings (SSSR count). The molecule has 3 aromatic carbocycles. The van der Waals surface area contributed by atoms with E-state index >= 15 is 0 Å². The van der Waals surface area contributed by atoms with Gasteiger partial charge in [0, 0.05) is 5.02 Å². The molecule has 1 heterocycles. The highest BCUT2D eigenvalue weighted by molar-refractivity contribution is 7.00. The molecule has 0 atom stereocenters. The summed E-state index contributed by atoms with van der Waals surface area (Å²) in [5.41, 5.74) is 3.02. The molecule has 0 bridgehead atoms. The summed E-state index contributed by atoms with van der Waals surface area (Å²) in [6.45, 7) is -0.508. The van der Waals surface area contributed by atoms with Gasteiger partial charge in [-0.2, -0.15) is 8.75 Å². The first-order valence-corrected chi connectivity index (χ1v) is 10.5. The van der Waals surface area contributed by atoms with Crippen molar-refractivity contribution in [3.63, 3.8) is 0 Å². The van der Waals surface area contributed by atoms with Crippen molar-refractivity contribution in [2.24, 2.45) is 0 Å². The van der Waals surface area contributed by atoms with Gasteiger partial charge in [-0.05, 0) is 53.6 Å². The van der Waals surface area contributed by atoms with E-state index in [9.17, 15) is 14.0 Å². The molecule has 160 valence electrons. The molecule has 0 aliphatic heterocycles. The van der Waals surface area contributed by atoms with Gasteiger partial charge in [0.25, 0.3) is 5.91 Å². The molecule has 0 radical (unpaired) electrons. The molecule has 0 aliphatic rings. The quantitative estimate of drug-likeness (QED) is 0.239. The predicted octanol–water partition coefficient (Wildman–Crippen LogP) is 5.21. The molecule has 1 amide bonds. The van der Waals surface area contributed by atoms with Crippen molar-refractivity contribution in [3.05, 3.63) is 88.7 Å². The highest BCUT2D eigenvalue weighted by atomic mass is 35.5. The Balaban J connectivity index is 1.50. The van der Waals surface area contributed by atoms with Crippen molar-refractivity contribution in [2.45, 2.75) is 0 Å². The number of hydrogen-bond donors (Lipinski definition) is 1. The number of fused-ring (bicyclic) bond motifs is 1. The van der Waals surface area contributed by atoms with Gasteiger partial charge in [-0.15, -0.1) is 0 Å². The number of amides is 1. The number of hydrogen-bond acceptors (Lipinski definition) is 6. The van der Waals surface area contributed by atoms with Crippen LogP contribution in [0.1, 0.15) is 11.1 Å². The van der Waals surface area contributed by atoms with Crippen LogP contribution in [0, 0.1) is 5.82 Å². The molecule has 6 nitrogen and oxygen atoms in total. The van der Waals surface area contributed by atoms with Crippen LogP contribution in [-0.4, -0.2) is 27.2 Å². The summed E-state index contributed by atoms with van der Waals surface area (Å²) in [4.78, 5) is 25.2. The molecule has 0 aliphatic carbocycles. The number of aromatic nitrogens is 2. The van der Waals surface area contributed by atoms with Crippen molar-refractivity contribution in [2.75, 3.05) is 11.9 Å². The van der Waals surface area contributed by atoms with Crippen molar-refractivity contribution < 1.29 is 18.7 Å². The second-order valence-corrected chi connectivity index (χ2v) is 7.64. The van der Waals surface area contributed by atoms with Crippen LogP contribution >= 0.6 is 23.3 Å². The zero-order chi connectivity index (χ0) is 22.5. The summed E-state index contributed by atoms with van der Waals surface area (Å²) in [6.07, 6.45) is 1.59. The Bertz CT molecular complexity index is 1300. The van der Waals surface area contributed by atoms with E-state index in [1.54, 1.807) is 48.5 Å².